The molecule has 6 nitrogen and oxygen atoms in total. The third-order valence-corrected chi connectivity index (χ3v) is 3.19. The number of hydrogen-bond donors (Lipinski definition) is 2. The molecule has 0 aliphatic carbocycles. The van der Waals surface area contributed by atoms with Gasteiger partial charge in [-0.3, -0.25) is 0 Å². The maximum Gasteiger partial charge on any atom is 0.257 e. The SMILES string of the molecule is O=S(=O)(C=Cc1ccc(Cl)cc1)Nc1ncn[nH]1. The van der Waals surface area contributed by atoms with Crippen molar-refractivity contribution in [3.05, 3.63) is 46.6 Å². The van der Waals surface area contributed by atoms with Gasteiger partial charge in [-0.2, -0.15) is 10.1 Å². The first-order valence-electron chi connectivity index (χ1n) is 4.87. The van der Waals surface area contributed by atoms with Crippen LogP contribution < -0.4 is 4.72 Å². The number of sulfonamides is 1. The second kappa shape index (κ2) is 5.19. The van der Waals surface area contributed by atoms with E-state index in [1.54, 1.807) is 24.3 Å². The number of benzene rings is 1. The van der Waals surface area contributed by atoms with E-state index < -0.39 is 10.0 Å². The van der Waals surface area contributed by atoms with Crippen LogP contribution in [0.4, 0.5) is 5.95 Å². The second-order valence-electron chi connectivity index (χ2n) is 3.34. The zero-order valence-electron chi connectivity index (χ0n) is 9.04. The number of halogens is 1. The molecule has 94 valence electrons. The summed E-state index contributed by atoms with van der Waals surface area (Å²) in [7, 11) is -3.61. The minimum atomic E-state index is -3.61. The van der Waals surface area contributed by atoms with Gasteiger partial charge in [-0.1, -0.05) is 23.7 Å². The van der Waals surface area contributed by atoms with E-state index in [-0.39, 0.29) is 5.95 Å². The zero-order chi connectivity index (χ0) is 13.0. The Morgan fingerprint density at radius 3 is 2.61 bits per heavy atom. The van der Waals surface area contributed by atoms with Gasteiger partial charge in [0.05, 0.1) is 5.41 Å². The van der Waals surface area contributed by atoms with Gasteiger partial charge < -0.3 is 0 Å². The molecule has 0 aliphatic heterocycles. The second-order valence-corrected chi connectivity index (χ2v) is 5.34. The molecule has 0 saturated heterocycles. The fourth-order valence-corrected chi connectivity index (χ4v) is 2.06. The van der Waals surface area contributed by atoms with Crippen molar-refractivity contribution < 1.29 is 8.42 Å². The predicted molar refractivity (Wildman–Crippen MR) is 69.4 cm³/mol. The van der Waals surface area contributed by atoms with E-state index in [0.29, 0.717) is 5.02 Å². The Hall–Kier alpha value is -1.86. The lowest BCUT2D eigenvalue weighted by molar-refractivity contribution is 0.609. The molecule has 0 amide bonds. The Morgan fingerprint density at radius 2 is 2.00 bits per heavy atom. The number of aromatic amines is 1. The van der Waals surface area contributed by atoms with Gasteiger partial charge in [0.1, 0.15) is 6.33 Å². The van der Waals surface area contributed by atoms with Crippen molar-refractivity contribution in [1.82, 2.24) is 15.2 Å². The number of nitrogens with zero attached hydrogens (tertiary/aromatic N) is 2. The lowest BCUT2D eigenvalue weighted by Gasteiger charge is -1.99. The number of hydrogen-bond acceptors (Lipinski definition) is 4. The van der Waals surface area contributed by atoms with Gasteiger partial charge in [-0.25, -0.2) is 18.2 Å². The first-order valence-corrected chi connectivity index (χ1v) is 6.79. The van der Waals surface area contributed by atoms with Crippen LogP contribution in [0.5, 0.6) is 0 Å². The number of anilines is 1. The summed E-state index contributed by atoms with van der Waals surface area (Å²) in [5.74, 6) is 0.0655. The highest BCUT2D eigenvalue weighted by atomic mass is 35.5. The monoisotopic (exact) mass is 284 g/mol. The van der Waals surface area contributed by atoms with Crippen molar-refractivity contribution in [3.8, 4) is 0 Å². The fraction of sp³-hybridized carbons (Fsp3) is 0. The minimum absolute atomic E-state index is 0.0655. The molecule has 0 saturated carbocycles. The Balaban J connectivity index is 2.10. The zero-order valence-corrected chi connectivity index (χ0v) is 10.6. The van der Waals surface area contributed by atoms with Crippen molar-refractivity contribution in [2.45, 2.75) is 0 Å². The molecule has 0 radical (unpaired) electrons. The molecule has 2 N–H and O–H groups in total. The number of rotatable bonds is 4. The molecule has 2 aromatic rings. The molecule has 0 spiro atoms. The molecular weight excluding hydrogens is 276 g/mol. The van der Waals surface area contributed by atoms with Crippen molar-refractivity contribution in [3.63, 3.8) is 0 Å². The van der Waals surface area contributed by atoms with Crippen molar-refractivity contribution >= 4 is 33.6 Å². The smallest absolute Gasteiger partial charge is 0.248 e. The molecule has 0 aliphatic rings. The van der Waals surface area contributed by atoms with Crippen LogP contribution in [-0.4, -0.2) is 23.6 Å². The van der Waals surface area contributed by atoms with E-state index in [9.17, 15) is 8.42 Å². The van der Waals surface area contributed by atoms with Crippen LogP contribution in [0, 0.1) is 0 Å². The quantitative estimate of drug-likeness (QED) is 0.897. The summed E-state index contributed by atoms with van der Waals surface area (Å²) in [4.78, 5) is 3.66. The summed E-state index contributed by atoms with van der Waals surface area (Å²) in [6.07, 6.45) is 2.66. The lowest BCUT2D eigenvalue weighted by Crippen LogP contribution is -2.09. The summed E-state index contributed by atoms with van der Waals surface area (Å²) in [6, 6.07) is 6.78. The van der Waals surface area contributed by atoms with E-state index in [4.69, 9.17) is 11.6 Å². The standard InChI is InChI=1S/C10H9ClN4O2S/c11-9-3-1-8(2-4-9)5-6-18(16,17)15-10-12-7-13-14-10/h1-7H,(H2,12,13,14,15). The Labute approximate surface area is 109 Å². The van der Waals surface area contributed by atoms with Gasteiger partial charge in [0.2, 0.25) is 5.95 Å². The average Bonchev–Trinajstić information content (AvgIpc) is 2.80. The Bertz CT molecular complexity index is 635. The Kier molecular flexibility index (Phi) is 3.63. The van der Waals surface area contributed by atoms with E-state index in [0.717, 1.165) is 11.0 Å². The lowest BCUT2D eigenvalue weighted by atomic mass is 10.2. The summed E-state index contributed by atoms with van der Waals surface area (Å²) in [5.41, 5.74) is 0.724. The maximum absolute atomic E-state index is 11.6. The molecule has 0 unspecified atom stereocenters. The summed E-state index contributed by atoms with van der Waals surface area (Å²) < 4.78 is 25.5. The highest BCUT2D eigenvalue weighted by Crippen LogP contribution is 2.11. The fourth-order valence-electron chi connectivity index (χ4n) is 1.17. The van der Waals surface area contributed by atoms with E-state index >= 15 is 0 Å². The van der Waals surface area contributed by atoms with Crippen molar-refractivity contribution in [1.29, 1.82) is 0 Å². The van der Waals surface area contributed by atoms with E-state index in [2.05, 4.69) is 19.9 Å². The molecule has 0 fully saturated rings. The highest BCUT2D eigenvalue weighted by molar-refractivity contribution is 7.95. The summed E-state index contributed by atoms with van der Waals surface area (Å²) in [6.45, 7) is 0. The van der Waals surface area contributed by atoms with E-state index in [1.807, 2.05) is 0 Å². The number of aromatic nitrogens is 3. The van der Waals surface area contributed by atoms with Gasteiger partial charge in [0, 0.05) is 5.02 Å². The van der Waals surface area contributed by atoms with Crippen molar-refractivity contribution in [2.75, 3.05) is 4.72 Å². The maximum atomic E-state index is 11.6. The molecule has 18 heavy (non-hydrogen) atoms. The third-order valence-electron chi connectivity index (χ3n) is 1.96. The van der Waals surface area contributed by atoms with Gasteiger partial charge in [0.15, 0.2) is 0 Å². The molecule has 1 aromatic heterocycles. The molecule has 0 atom stereocenters. The molecular formula is C10H9ClN4O2S. The predicted octanol–water partition coefficient (Wildman–Crippen LogP) is 1.87. The average molecular weight is 285 g/mol. The van der Waals surface area contributed by atoms with Crippen LogP contribution in [0.15, 0.2) is 36.0 Å². The molecule has 8 heteroatoms. The van der Waals surface area contributed by atoms with Crippen LogP contribution in [0.3, 0.4) is 0 Å². The summed E-state index contributed by atoms with van der Waals surface area (Å²) >= 11 is 5.72. The van der Waals surface area contributed by atoms with Crippen LogP contribution in [-0.2, 0) is 10.0 Å². The van der Waals surface area contributed by atoms with Gasteiger partial charge in [0.25, 0.3) is 10.0 Å². The van der Waals surface area contributed by atoms with Crippen LogP contribution in [0.25, 0.3) is 6.08 Å². The Morgan fingerprint density at radius 1 is 1.28 bits per heavy atom. The third kappa shape index (κ3) is 3.57. The largest absolute Gasteiger partial charge is 0.257 e. The minimum Gasteiger partial charge on any atom is -0.248 e. The van der Waals surface area contributed by atoms with Crippen molar-refractivity contribution in [2.24, 2.45) is 0 Å². The topological polar surface area (TPSA) is 87.7 Å². The van der Waals surface area contributed by atoms with E-state index in [1.165, 1.54) is 12.4 Å². The van der Waals surface area contributed by atoms with Gasteiger partial charge >= 0.3 is 0 Å². The number of nitrogens with one attached hydrogen (secondary N) is 2. The molecule has 2 rings (SSSR count). The molecule has 1 aromatic carbocycles. The van der Waals surface area contributed by atoms with Crippen LogP contribution in [0.1, 0.15) is 5.56 Å². The normalized spacial score (nSPS) is 11.8. The van der Waals surface area contributed by atoms with Gasteiger partial charge in [-0.05, 0) is 23.8 Å². The van der Waals surface area contributed by atoms with Crippen LogP contribution >= 0.6 is 11.6 Å². The molecule has 1 heterocycles. The number of H-pyrrole nitrogens is 1. The van der Waals surface area contributed by atoms with Gasteiger partial charge in [-0.15, -0.1) is 0 Å². The first-order chi connectivity index (χ1) is 8.55. The summed E-state index contributed by atoms with van der Waals surface area (Å²) in [5, 5.41) is 7.56. The first kappa shape index (κ1) is 12.6. The highest BCUT2D eigenvalue weighted by Gasteiger charge is 2.06. The van der Waals surface area contributed by atoms with Crippen LogP contribution in [0.2, 0.25) is 5.02 Å². The molecule has 0 bridgehead atoms.